The van der Waals surface area contributed by atoms with Crippen LogP contribution in [0.1, 0.15) is 46.6 Å². The summed E-state index contributed by atoms with van der Waals surface area (Å²) in [5.41, 5.74) is 1.41. The Hall–Kier alpha value is -3.49. The van der Waals surface area contributed by atoms with E-state index in [0.29, 0.717) is 48.7 Å². The zero-order valence-corrected chi connectivity index (χ0v) is 24.4. The first-order valence-electron chi connectivity index (χ1n) is 13.6. The number of carbonyl (C=O) groups excluding carboxylic acids is 1. The average Bonchev–Trinajstić information content (AvgIpc) is 3.44. The maximum atomic E-state index is 13.4. The second kappa shape index (κ2) is 9.26. The van der Waals surface area contributed by atoms with E-state index < -0.39 is 33.0 Å². The van der Waals surface area contributed by atoms with Crippen molar-refractivity contribution in [2.75, 3.05) is 35.2 Å². The van der Waals surface area contributed by atoms with Gasteiger partial charge in [-0.25, -0.2) is 36.8 Å². The number of alkyl halides is 2. The first-order valence-corrected chi connectivity index (χ1v) is 15.3. The van der Waals surface area contributed by atoms with Gasteiger partial charge in [0.1, 0.15) is 40.6 Å². The number of fused-ring (bicyclic) bond motifs is 2. The number of pyridine rings is 1. The number of halogens is 2. The number of nitrogens with zero attached hydrogens (tertiary/aromatic N) is 9. The van der Waals surface area contributed by atoms with E-state index in [0.717, 1.165) is 11.4 Å². The second-order valence-corrected chi connectivity index (χ2v) is 14.7. The standard InChI is InChI=1S/C26H33F2N9O3S/c1-15-11-35(24(38)26(5)6-7-41(26,39)40)16(2)10-34(15)22-21-23(31-14-30-22)36(13-25(21,3)4)20-8-18-17(9-29-20)32-33-37(18)12-19(27)28/h8-9,14-16,19H,6-7,10-13H2,1-5H3/t15-,16+,26-/m0/s1. The number of amides is 1. The zero-order chi connectivity index (χ0) is 29.5. The van der Waals surface area contributed by atoms with E-state index in [1.165, 1.54) is 24.1 Å². The van der Waals surface area contributed by atoms with Crippen LogP contribution in [0.4, 0.5) is 26.2 Å². The summed E-state index contributed by atoms with van der Waals surface area (Å²) < 4.78 is 50.9. The van der Waals surface area contributed by atoms with E-state index in [2.05, 4.69) is 39.0 Å². The maximum absolute atomic E-state index is 13.4. The first kappa shape index (κ1) is 27.7. The van der Waals surface area contributed by atoms with Crippen LogP contribution in [-0.2, 0) is 26.6 Å². The normalized spacial score (nSPS) is 26.9. The fraction of sp³-hybridized carbons (Fsp3) is 0.615. The number of piperazine rings is 1. The predicted molar refractivity (Wildman–Crippen MR) is 148 cm³/mol. The molecule has 220 valence electrons. The molecule has 12 nitrogen and oxygen atoms in total. The van der Waals surface area contributed by atoms with Gasteiger partial charge in [-0.15, -0.1) is 5.10 Å². The third-order valence-corrected chi connectivity index (χ3v) is 11.3. The highest BCUT2D eigenvalue weighted by molar-refractivity contribution is 7.95. The van der Waals surface area contributed by atoms with E-state index in [4.69, 9.17) is 4.98 Å². The SMILES string of the molecule is C[C@@H]1CN(c2ncnc3c2C(C)(C)CN3c2cc3c(cn2)nnn3CC(F)F)[C@@H](C)CN1C(=O)[C@]1(C)CCS1(=O)=O. The summed E-state index contributed by atoms with van der Waals surface area (Å²) in [5, 5.41) is 7.81. The molecule has 0 aromatic carbocycles. The number of carbonyl (C=O) groups is 1. The van der Waals surface area contributed by atoms with Crippen molar-refractivity contribution in [1.82, 2.24) is 34.8 Å². The van der Waals surface area contributed by atoms with Gasteiger partial charge in [0.15, 0.2) is 9.84 Å². The second-order valence-electron chi connectivity index (χ2n) is 12.2. The summed E-state index contributed by atoms with van der Waals surface area (Å²) in [5.74, 6) is 1.68. The minimum Gasteiger partial charge on any atom is -0.350 e. The number of aromatic nitrogens is 6. The Kier molecular flexibility index (Phi) is 6.25. The van der Waals surface area contributed by atoms with Gasteiger partial charge in [0, 0.05) is 48.8 Å². The number of hydrogen-bond acceptors (Lipinski definition) is 10. The molecule has 3 aliphatic rings. The molecule has 0 saturated carbocycles. The number of anilines is 3. The largest absolute Gasteiger partial charge is 0.350 e. The van der Waals surface area contributed by atoms with Crippen LogP contribution in [0.3, 0.4) is 0 Å². The lowest BCUT2D eigenvalue weighted by atomic mass is 9.87. The van der Waals surface area contributed by atoms with Gasteiger partial charge in [-0.2, -0.15) is 0 Å². The lowest BCUT2D eigenvalue weighted by Gasteiger charge is -2.49. The molecule has 3 atom stereocenters. The Balaban J connectivity index is 1.32. The predicted octanol–water partition coefficient (Wildman–Crippen LogP) is 2.31. The molecule has 0 bridgehead atoms. The van der Waals surface area contributed by atoms with Gasteiger partial charge in [0.05, 0.1) is 17.5 Å². The molecule has 0 unspecified atom stereocenters. The molecular weight excluding hydrogens is 556 g/mol. The molecule has 1 amide bonds. The van der Waals surface area contributed by atoms with Gasteiger partial charge in [-0.1, -0.05) is 19.1 Å². The van der Waals surface area contributed by atoms with Crippen molar-refractivity contribution in [3.8, 4) is 0 Å². The van der Waals surface area contributed by atoms with Gasteiger partial charge >= 0.3 is 0 Å². The van der Waals surface area contributed by atoms with Gasteiger partial charge in [0.25, 0.3) is 6.43 Å². The minimum atomic E-state index is -3.44. The van der Waals surface area contributed by atoms with Crippen LogP contribution in [0.15, 0.2) is 18.6 Å². The summed E-state index contributed by atoms with van der Waals surface area (Å²) in [7, 11) is -3.44. The van der Waals surface area contributed by atoms with Crippen molar-refractivity contribution in [1.29, 1.82) is 0 Å². The molecule has 0 spiro atoms. The fourth-order valence-electron chi connectivity index (χ4n) is 6.23. The van der Waals surface area contributed by atoms with Crippen molar-refractivity contribution in [3.05, 3.63) is 24.2 Å². The molecule has 2 fully saturated rings. The Morgan fingerprint density at radius 2 is 1.83 bits per heavy atom. The number of hydrogen-bond donors (Lipinski definition) is 0. The van der Waals surface area contributed by atoms with Crippen LogP contribution in [0.2, 0.25) is 0 Å². The fourth-order valence-corrected chi connectivity index (χ4v) is 7.76. The van der Waals surface area contributed by atoms with Gasteiger partial charge in [0.2, 0.25) is 5.91 Å². The highest BCUT2D eigenvalue weighted by atomic mass is 32.2. The Bertz CT molecular complexity index is 1650. The summed E-state index contributed by atoms with van der Waals surface area (Å²) >= 11 is 0. The van der Waals surface area contributed by atoms with Gasteiger partial charge in [-0.3, -0.25) is 4.79 Å². The average molecular weight is 590 g/mol. The molecule has 3 aromatic heterocycles. The lowest BCUT2D eigenvalue weighted by molar-refractivity contribution is -0.137. The van der Waals surface area contributed by atoms with Crippen molar-refractivity contribution in [2.45, 2.75) is 76.3 Å². The molecule has 6 rings (SSSR count). The Morgan fingerprint density at radius 1 is 1.10 bits per heavy atom. The molecule has 41 heavy (non-hydrogen) atoms. The van der Waals surface area contributed by atoms with Crippen molar-refractivity contribution >= 4 is 44.2 Å². The molecule has 6 heterocycles. The number of rotatable bonds is 5. The van der Waals surface area contributed by atoms with Crippen LogP contribution >= 0.6 is 0 Å². The van der Waals surface area contributed by atoms with Gasteiger partial charge < -0.3 is 14.7 Å². The van der Waals surface area contributed by atoms with Crippen molar-refractivity contribution < 1.29 is 22.0 Å². The third kappa shape index (κ3) is 4.22. The Morgan fingerprint density at radius 3 is 2.49 bits per heavy atom. The first-order chi connectivity index (χ1) is 19.2. The van der Waals surface area contributed by atoms with Crippen LogP contribution in [0.5, 0.6) is 0 Å². The van der Waals surface area contributed by atoms with E-state index >= 15 is 0 Å². The molecule has 0 radical (unpaired) electrons. The van der Waals surface area contributed by atoms with E-state index in [9.17, 15) is 22.0 Å². The molecule has 15 heteroatoms. The van der Waals surface area contributed by atoms with Gasteiger partial charge in [-0.05, 0) is 27.2 Å². The highest BCUT2D eigenvalue weighted by Crippen LogP contribution is 2.47. The molecule has 0 N–H and O–H groups in total. The smallest absolute Gasteiger partial charge is 0.258 e. The maximum Gasteiger partial charge on any atom is 0.258 e. The zero-order valence-electron chi connectivity index (χ0n) is 23.6. The van der Waals surface area contributed by atoms with Crippen LogP contribution in [0, 0.1) is 0 Å². The van der Waals surface area contributed by atoms with Crippen LogP contribution in [0.25, 0.3) is 11.0 Å². The van der Waals surface area contributed by atoms with E-state index in [1.54, 1.807) is 11.0 Å². The Labute approximate surface area is 236 Å². The summed E-state index contributed by atoms with van der Waals surface area (Å²) in [4.78, 5) is 33.1. The number of sulfone groups is 1. The van der Waals surface area contributed by atoms with Crippen LogP contribution in [-0.4, -0.2) is 97.8 Å². The lowest BCUT2D eigenvalue weighted by Crippen LogP contribution is -2.66. The molecule has 2 saturated heterocycles. The quantitative estimate of drug-likeness (QED) is 0.437. The minimum absolute atomic E-state index is 0.0463. The van der Waals surface area contributed by atoms with Crippen LogP contribution < -0.4 is 9.80 Å². The summed E-state index contributed by atoms with van der Waals surface area (Å²) in [6.45, 7) is 10.5. The molecular formula is C26H33F2N9O3S. The third-order valence-electron chi connectivity index (χ3n) is 8.77. The topological polar surface area (TPSA) is 130 Å². The summed E-state index contributed by atoms with van der Waals surface area (Å²) in [6.07, 6.45) is 0.799. The van der Waals surface area contributed by atoms with E-state index in [1.807, 2.05) is 18.7 Å². The van der Waals surface area contributed by atoms with Crippen molar-refractivity contribution in [2.24, 2.45) is 0 Å². The molecule has 3 aromatic rings. The van der Waals surface area contributed by atoms with E-state index in [-0.39, 0.29) is 23.7 Å². The molecule has 0 aliphatic carbocycles. The highest BCUT2D eigenvalue weighted by Gasteiger charge is 2.57. The van der Waals surface area contributed by atoms with Crippen molar-refractivity contribution in [3.63, 3.8) is 0 Å². The summed E-state index contributed by atoms with van der Waals surface area (Å²) in [6, 6.07) is 1.34. The molecule has 3 aliphatic heterocycles. The monoisotopic (exact) mass is 589 g/mol.